The van der Waals surface area contributed by atoms with Gasteiger partial charge in [0.15, 0.2) is 0 Å². The van der Waals surface area contributed by atoms with Gasteiger partial charge in [0.05, 0.1) is 13.2 Å². The monoisotopic (exact) mass is 105 g/mol. The first-order chi connectivity index (χ1) is 3.21. The standard InChI is InChI=1S/C3H7NO3/c4-3(5)6-1-2-7-3/h5H,1-2,4H2. The second kappa shape index (κ2) is 1.41. The van der Waals surface area contributed by atoms with Crippen LogP contribution in [0, 0.1) is 0 Å². The van der Waals surface area contributed by atoms with Crippen LogP contribution in [-0.2, 0) is 9.47 Å². The molecule has 0 bridgehead atoms. The molecule has 0 radical (unpaired) electrons. The van der Waals surface area contributed by atoms with Crippen LogP contribution in [0.3, 0.4) is 0 Å². The van der Waals surface area contributed by atoms with E-state index in [0.29, 0.717) is 13.2 Å². The summed E-state index contributed by atoms with van der Waals surface area (Å²) in [5.41, 5.74) is 4.89. The predicted octanol–water partition coefficient (Wildman–Crippen LogP) is -1.40. The maximum absolute atomic E-state index is 8.53. The third-order valence-corrected chi connectivity index (χ3v) is 0.701. The van der Waals surface area contributed by atoms with Gasteiger partial charge in [-0.2, -0.15) is 0 Å². The van der Waals surface area contributed by atoms with Gasteiger partial charge in [-0.1, -0.05) is 0 Å². The van der Waals surface area contributed by atoms with Crippen LogP contribution < -0.4 is 5.73 Å². The molecule has 7 heavy (non-hydrogen) atoms. The lowest BCUT2D eigenvalue weighted by Crippen LogP contribution is -2.40. The summed E-state index contributed by atoms with van der Waals surface area (Å²) in [6, 6.07) is 0. The summed E-state index contributed by atoms with van der Waals surface area (Å²) in [4.78, 5) is 0. The Bertz CT molecular complexity index is 64.6. The van der Waals surface area contributed by atoms with Gasteiger partial charge in [0.2, 0.25) is 0 Å². The lowest BCUT2D eigenvalue weighted by molar-refractivity contribution is -0.300. The predicted molar refractivity (Wildman–Crippen MR) is 21.0 cm³/mol. The first-order valence-corrected chi connectivity index (χ1v) is 2.00. The summed E-state index contributed by atoms with van der Waals surface area (Å²) in [5.74, 6) is 0. The van der Waals surface area contributed by atoms with Gasteiger partial charge in [-0.15, -0.1) is 0 Å². The Hall–Kier alpha value is -0.160. The number of nitrogens with two attached hydrogens (primary N) is 1. The molecule has 1 saturated heterocycles. The molecule has 0 aromatic heterocycles. The Morgan fingerprint density at radius 1 is 1.43 bits per heavy atom. The molecular weight excluding hydrogens is 98.0 g/mol. The lowest BCUT2D eigenvalue weighted by Gasteiger charge is -2.11. The molecule has 3 N–H and O–H groups in total. The van der Waals surface area contributed by atoms with E-state index < -0.39 is 6.10 Å². The molecular formula is C3H7NO3. The fourth-order valence-corrected chi connectivity index (χ4v) is 0.417. The van der Waals surface area contributed by atoms with E-state index >= 15 is 0 Å². The van der Waals surface area contributed by atoms with Gasteiger partial charge in [0.1, 0.15) is 0 Å². The van der Waals surface area contributed by atoms with E-state index in [2.05, 4.69) is 9.47 Å². The zero-order valence-corrected chi connectivity index (χ0v) is 3.76. The number of rotatable bonds is 0. The minimum absolute atomic E-state index is 0.368. The van der Waals surface area contributed by atoms with Crippen LogP contribution >= 0.6 is 0 Å². The van der Waals surface area contributed by atoms with Gasteiger partial charge >= 0.3 is 6.10 Å². The second-order valence-electron chi connectivity index (χ2n) is 1.33. The zero-order valence-electron chi connectivity index (χ0n) is 3.76. The summed E-state index contributed by atoms with van der Waals surface area (Å²) < 4.78 is 8.90. The highest BCUT2D eigenvalue weighted by atomic mass is 16.9. The van der Waals surface area contributed by atoms with Crippen molar-refractivity contribution in [3.8, 4) is 0 Å². The van der Waals surface area contributed by atoms with E-state index in [1.54, 1.807) is 0 Å². The van der Waals surface area contributed by atoms with E-state index in [-0.39, 0.29) is 0 Å². The van der Waals surface area contributed by atoms with E-state index in [1.165, 1.54) is 0 Å². The molecule has 0 aromatic carbocycles. The topological polar surface area (TPSA) is 64.7 Å². The average Bonchev–Trinajstić information content (AvgIpc) is 1.84. The summed E-state index contributed by atoms with van der Waals surface area (Å²) in [6.07, 6.45) is -1.81. The van der Waals surface area contributed by atoms with E-state index in [0.717, 1.165) is 0 Å². The Morgan fingerprint density at radius 3 is 2.00 bits per heavy atom. The Kier molecular flexibility index (Phi) is 1.01. The molecule has 0 saturated carbocycles. The number of hydrogen-bond donors (Lipinski definition) is 2. The molecule has 0 atom stereocenters. The average molecular weight is 105 g/mol. The van der Waals surface area contributed by atoms with E-state index in [1.807, 2.05) is 0 Å². The molecule has 42 valence electrons. The van der Waals surface area contributed by atoms with Crippen molar-refractivity contribution >= 4 is 0 Å². The van der Waals surface area contributed by atoms with Gasteiger partial charge in [-0.05, 0) is 0 Å². The first-order valence-electron chi connectivity index (χ1n) is 2.00. The maximum atomic E-state index is 8.53. The molecule has 0 aromatic rings. The summed E-state index contributed by atoms with van der Waals surface area (Å²) in [7, 11) is 0. The smallest absolute Gasteiger partial charge is 0.330 e. The Labute approximate surface area is 40.8 Å². The van der Waals surface area contributed by atoms with Crippen molar-refractivity contribution in [1.29, 1.82) is 0 Å². The minimum atomic E-state index is -1.81. The van der Waals surface area contributed by atoms with Gasteiger partial charge < -0.3 is 14.6 Å². The van der Waals surface area contributed by atoms with Crippen LogP contribution in [0.15, 0.2) is 0 Å². The third-order valence-electron chi connectivity index (χ3n) is 0.701. The molecule has 1 fully saturated rings. The van der Waals surface area contributed by atoms with Gasteiger partial charge in [-0.25, -0.2) is 0 Å². The van der Waals surface area contributed by atoms with Crippen LogP contribution in [0.5, 0.6) is 0 Å². The largest absolute Gasteiger partial charge is 0.345 e. The molecule has 1 aliphatic rings. The van der Waals surface area contributed by atoms with Crippen LogP contribution in [0.1, 0.15) is 0 Å². The van der Waals surface area contributed by atoms with Crippen LogP contribution in [0.2, 0.25) is 0 Å². The van der Waals surface area contributed by atoms with Crippen molar-refractivity contribution in [2.75, 3.05) is 13.2 Å². The molecule has 4 nitrogen and oxygen atoms in total. The van der Waals surface area contributed by atoms with E-state index in [4.69, 9.17) is 10.8 Å². The first kappa shape index (κ1) is 4.99. The van der Waals surface area contributed by atoms with Gasteiger partial charge in [0, 0.05) is 0 Å². The molecule has 4 heteroatoms. The second-order valence-corrected chi connectivity index (χ2v) is 1.33. The zero-order chi connectivity index (χ0) is 5.33. The third kappa shape index (κ3) is 1.10. The van der Waals surface area contributed by atoms with Crippen molar-refractivity contribution in [3.63, 3.8) is 0 Å². The molecule has 0 unspecified atom stereocenters. The highest BCUT2D eigenvalue weighted by molar-refractivity contribution is 4.47. The van der Waals surface area contributed by atoms with Gasteiger partial charge in [0.25, 0.3) is 0 Å². The lowest BCUT2D eigenvalue weighted by atomic mass is 10.8. The highest BCUT2D eigenvalue weighted by Gasteiger charge is 2.27. The summed E-state index contributed by atoms with van der Waals surface area (Å²) >= 11 is 0. The SMILES string of the molecule is NC1(O)OCCO1. The summed E-state index contributed by atoms with van der Waals surface area (Å²) in [6.45, 7) is 0.736. The van der Waals surface area contributed by atoms with Crippen molar-refractivity contribution in [2.45, 2.75) is 6.10 Å². The van der Waals surface area contributed by atoms with Crippen LogP contribution in [0.4, 0.5) is 0 Å². The summed E-state index contributed by atoms with van der Waals surface area (Å²) in [5, 5.41) is 8.53. The number of hydrogen-bond acceptors (Lipinski definition) is 4. The normalized spacial score (nSPS) is 28.3. The van der Waals surface area contributed by atoms with Crippen molar-refractivity contribution in [2.24, 2.45) is 5.73 Å². The molecule has 0 spiro atoms. The Morgan fingerprint density at radius 2 is 1.86 bits per heavy atom. The quantitative estimate of drug-likeness (QED) is 0.372. The highest BCUT2D eigenvalue weighted by Crippen LogP contribution is 2.06. The van der Waals surface area contributed by atoms with Crippen molar-refractivity contribution in [1.82, 2.24) is 0 Å². The van der Waals surface area contributed by atoms with Gasteiger partial charge in [-0.3, -0.25) is 5.73 Å². The fraction of sp³-hybridized carbons (Fsp3) is 1.00. The molecule has 1 heterocycles. The van der Waals surface area contributed by atoms with Crippen molar-refractivity contribution in [3.05, 3.63) is 0 Å². The van der Waals surface area contributed by atoms with Crippen molar-refractivity contribution < 1.29 is 14.6 Å². The number of ether oxygens (including phenoxy) is 2. The molecule has 0 amide bonds. The Balaban J connectivity index is 2.40. The maximum Gasteiger partial charge on any atom is 0.345 e. The van der Waals surface area contributed by atoms with Crippen LogP contribution in [0.25, 0.3) is 0 Å². The van der Waals surface area contributed by atoms with E-state index in [9.17, 15) is 0 Å². The van der Waals surface area contributed by atoms with Crippen LogP contribution in [-0.4, -0.2) is 24.4 Å². The molecule has 0 aliphatic carbocycles. The fourth-order valence-electron chi connectivity index (χ4n) is 0.417. The molecule has 1 aliphatic heterocycles. The molecule has 1 rings (SSSR count). The minimum Gasteiger partial charge on any atom is -0.330 e. The number of aliphatic hydroxyl groups is 1.